The fourth-order valence-electron chi connectivity index (χ4n) is 3.61. The summed E-state index contributed by atoms with van der Waals surface area (Å²) in [6, 6.07) is 3.87. The van der Waals surface area contributed by atoms with Gasteiger partial charge in [-0.2, -0.15) is 0 Å². The molecule has 2 saturated heterocycles. The molecule has 2 atom stereocenters. The molecule has 2 aliphatic heterocycles. The van der Waals surface area contributed by atoms with Crippen LogP contribution in [0.5, 0.6) is 0 Å². The van der Waals surface area contributed by atoms with E-state index in [9.17, 15) is 9.18 Å². The van der Waals surface area contributed by atoms with Crippen molar-refractivity contribution in [1.29, 1.82) is 0 Å². The average Bonchev–Trinajstić information content (AvgIpc) is 3.04. The van der Waals surface area contributed by atoms with Gasteiger partial charge >= 0.3 is 0 Å². The van der Waals surface area contributed by atoms with Gasteiger partial charge in [-0.25, -0.2) is 14.4 Å². The SMILES string of the molecule is O=C1C2CN(c3ncc(F)cn3)CC2CCN1Cc1ccncc1. The van der Waals surface area contributed by atoms with Gasteiger partial charge in [0.2, 0.25) is 11.9 Å². The predicted octanol–water partition coefficient (Wildman–Crippen LogP) is 1.50. The molecule has 0 saturated carbocycles. The Kier molecular flexibility index (Phi) is 3.84. The topological polar surface area (TPSA) is 62.2 Å². The van der Waals surface area contributed by atoms with Crippen LogP contribution < -0.4 is 4.90 Å². The highest BCUT2D eigenvalue weighted by Gasteiger charge is 2.43. The van der Waals surface area contributed by atoms with E-state index in [0.29, 0.717) is 25.0 Å². The quantitative estimate of drug-likeness (QED) is 0.855. The zero-order valence-electron chi connectivity index (χ0n) is 13.2. The Labute approximate surface area is 139 Å². The van der Waals surface area contributed by atoms with Crippen LogP contribution in [0.15, 0.2) is 36.9 Å². The lowest BCUT2D eigenvalue weighted by Gasteiger charge is -2.33. The van der Waals surface area contributed by atoms with Gasteiger partial charge in [-0.3, -0.25) is 9.78 Å². The number of hydrogen-bond acceptors (Lipinski definition) is 5. The molecule has 2 aromatic heterocycles. The number of fused-ring (bicyclic) bond motifs is 1. The molecule has 2 aromatic rings. The van der Waals surface area contributed by atoms with Crippen molar-refractivity contribution in [2.24, 2.45) is 11.8 Å². The van der Waals surface area contributed by atoms with Gasteiger partial charge in [0.05, 0.1) is 18.3 Å². The minimum atomic E-state index is -0.449. The van der Waals surface area contributed by atoms with E-state index in [1.807, 2.05) is 21.9 Å². The second-order valence-electron chi connectivity index (χ2n) is 6.38. The number of rotatable bonds is 3. The summed E-state index contributed by atoms with van der Waals surface area (Å²) in [5.41, 5.74) is 1.09. The second-order valence-corrected chi connectivity index (χ2v) is 6.38. The Morgan fingerprint density at radius 2 is 1.92 bits per heavy atom. The molecular weight excluding hydrogens is 309 g/mol. The summed E-state index contributed by atoms with van der Waals surface area (Å²) in [7, 11) is 0. The molecule has 1 amide bonds. The summed E-state index contributed by atoms with van der Waals surface area (Å²) in [5.74, 6) is 0.524. The number of likely N-dealkylation sites (tertiary alicyclic amines) is 1. The molecule has 4 heterocycles. The highest BCUT2D eigenvalue weighted by Crippen LogP contribution is 2.34. The first kappa shape index (κ1) is 15.0. The Hall–Kier alpha value is -2.57. The number of aromatic nitrogens is 3. The zero-order valence-corrected chi connectivity index (χ0v) is 13.2. The molecule has 0 spiro atoms. The van der Waals surface area contributed by atoms with Crippen molar-refractivity contribution in [2.45, 2.75) is 13.0 Å². The average molecular weight is 327 g/mol. The van der Waals surface area contributed by atoms with Gasteiger partial charge in [0.1, 0.15) is 0 Å². The van der Waals surface area contributed by atoms with Gasteiger partial charge in [0, 0.05) is 38.6 Å². The predicted molar refractivity (Wildman–Crippen MR) is 85.5 cm³/mol. The Morgan fingerprint density at radius 1 is 1.17 bits per heavy atom. The number of nitrogens with zero attached hydrogens (tertiary/aromatic N) is 5. The lowest BCUT2D eigenvalue weighted by molar-refractivity contribution is -0.140. The van der Waals surface area contributed by atoms with Crippen molar-refractivity contribution >= 4 is 11.9 Å². The summed E-state index contributed by atoms with van der Waals surface area (Å²) < 4.78 is 13.0. The molecule has 0 bridgehead atoms. The minimum absolute atomic E-state index is 0.0331. The first-order chi connectivity index (χ1) is 11.7. The van der Waals surface area contributed by atoms with E-state index in [-0.39, 0.29) is 11.8 Å². The molecule has 7 heteroatoms. The summed E-state index contributed by atoms with van der Waals surface area (Å²) in [6.45, 7) is 2.74. The van der Waals surface area contributed by atoms with E-state index in [4.69, 9.17) is 0 Å². The van der Waals surface area contributed by atoms with Gasteiger partial charge in [0.25, 0.3) is 0 Å². The molecule has 0 aliphatic carbocycles. The van der Waals surface area contributed by atoms with E-state index in [1.165, 1.54) is 12.4 Å². The second kappa shape index (κ2) is 6.14. The third-order valence-electron chi connectivity index (χ3n) is 4.85. The monoisotopic (exact) mass is 327 g/mol. The summed E-state index contributed by atoms with van der Waals surface area (Å²) in [5, 5.41) is 0. The third kappa shape index (κ3) is 2.81. The normalized spacial score (nSPS) is 23.5. The Balaban J connectivity index is 1.46. The number of piperidine rings is 1. The number of anilines is 1. The van der Waals surface area contributed by atoms with Crippen LogP contribution in [-0.4, -0.2) is 45.4 Å². The fourth-order valence-corrected chi connectivity index (χ4v) is 3.61. The zero-order chi connectivity index (χ0) is 16.5. The van der Waals surface area contributed by atoms with Crippen LogP contribution in [0, 0.1) is 17.7 Å². The maximum Gasteiger partial charge on any atom is 0.228 e. The largest absolute Gasteiger partial charge is 0.340 e. The maximum absolute atomic E-state index is 13.0. The van der Waals surface area contributed by atoms with Gasteiger partial charge < -0.3 is 9.80 Å². The molecule has 2 fully saturated rings. The number of amides is 1. The molecule has 2 unspecified atom stereocenters. The number of carbonyl (C=O) groups excluding carboxylic acids is 1. The molecule has 24 heavy (non-hydrogen) atoms. The molecule has 4 rings (SSSR count). The number of pyridine rings is 1. The van der Waals surface area contributed by atoms with Crippen LogP contribution in [0.4, 0.5) is 10.3 Å². The van der Waals surface area contributed by atoms with Crippen molar-refractivity contribution in [3.8, 4) is 0 Å². The van der Waals surface area contributed by atoms with Crippen molar-refractivity contribution in [1.82, 2.24) is 19.9 Å². The fraction of sp³-hybridized carbons (Fsp3) is 0.412. The number of hydrogen-bond donors (Lipinski definition) is 0. The first-order valence-electron chi connectivity index (χ1n) is 8.11. The lowest BCUT2D eigenvalue weighted by Crippen LogP contribution is -2.44. The summed E-state index contributed by atoms with van der Waals surface area (Å²) >= 11 is 0. The molecule has 6 nitrogen and oxygen atoms in total. The van der Waals surface area contributed by atoms with Gasteiger partial charge in [-0.05, 0) is 30.0 Å². The van der Waals surface area contributed by atoms with Gasteiger partial charge in [-0.15, -0.1) is 0 Å². The van der Waals surface area contributed by atoms with Crippen LogP contribution in [0.2, 0.25) is 0 Å². The lowest BCUT2D eigenvalue weighted by atomic mass is 9.88. The van der Waals surface area contributed by atoms with E-state index in [0.717, 1.165) is 25.1 Å². The van der Waals surface area contributed by atoms with Crippen LogP contribution in [0.3, 0.4) is 0 Å². The summed E-state index contributed by atoms with van der Waals surface area (Å²) in [4.78, 5) is 28.8. The number of carbonyl (C=O) groups is 1. The van der Waals surface area contributed by atoms with Crippen molar-refractivity contribution < 1.29 is 9.18 Å². The molecule has 0 aromatic carbocycles. The van der Waals surface area contributed by atoms with Gasteiger partial charge in [0.15, 0.2) is 5.82 Å². The highest BCUT2D eigenvalue weighted by molar-refractivity contribution is 5.81. The third-order valence-corrected chi connectivity index (χ3v) is 4.85. The van der Waals surface area contributed by atoms with Crippen LogP contribution in [0.1, 0.15) is 12.0 Å². The molecule has 124 valence electrons. The van der Waals surface area contributed by atoms with Crippen LogP contribution in [-0.2, 0) is 11.3 Å². The van der Waals surface area contributed by atoms with Gasteiger partial charge in [-0.1, -0.05) is 0 Å². The van der Waals surface area contributed by atoms with E-state index in [1.54, 1.807) is 12.4 Å². The van der Waals surface area contributed by atoms with Crippen molar-refractivity contribution in [2.75, 3.05) is 24.5 Å². The first-order valence-corrected chi connectivity index (χ1v) is 8.11. The highest BCUT2D eigenvalue weighted by atomic mass is 19.1. The molecule has 2 aliphatic rings. The van der Waals surface area contributed by atoms with E-state index < -0.39 is 5.82 Å². The molecule has 0 N–H and O–H groups in total. The van der Waals surface area contributed by atoms with Crippen LogP contribution >= 0.6 is 0 Å². The molecule has 0 radical (unpaired) electrons. The number of halogens is 1. The van der Waals surface area contributed by atoms with E-state index >= 15 is 0 Å². The van der Waals surface area contributed by atoms with Crippen LogP contribution in [0.25, 0.3) is 0 Å². The molecular formula is C17H18FN5O. The van der Waals surface area contributed by atoms with Crippen molar-refractivity contribution in [3.05, 3.63) is 48.3 Å². The van der Waals surface area contributed by atoms with E-state index in [2.05, 4.69) is 15.0 Å². The Morgan fingerprint density at radius 3 is 2.67 bits per heavy atom. The minimum Gasteiger partial charge on any atom is -0.340 e. The smallest absolute Gasteiger partial charge is 0.228 e. The summed E-state index contributed by atoms with van der Waals surface area (Å²) in [6.07, 6.45) is 6.80. The van der Waals surface area contributed by atoms with Crippen molar-refractivity contribution in [3.63, 3.8) is 0 Å². The standard InChI is InChI=1S/C17H18FN5O/c18-14-7-20-17(21-8-14)23-10-13-3-6-22(16(24)15(13)11-23)9-12-1-4-19-5-2-12/h1-2,4-5,7-8,13,15H,3,6,9-11H2. The Bertz CT molecular complexity index is 724. The maximum atomic E-state index is 13.0.